The van der Waals surface area contributed by atoms with Crippen LogP contribution in [-0.2, 0) is 11.3 Å². The zero-order chi connectivity index (χ0) is 23.2. The molecule has 3 aromatic rings. The molecule has 1 aromatic heterocycles. The number of methoxy groups -OCH3 is 2. The molecule has 2 unspecified atom stereocenters. The molecule has 0 bridgehead atoms. The Morgan fingerprint density at radius 3 is 2.67 bits per heavy atom. The average Bonchev–Trinajstić information content (AvgIpc) is 3.35. The number of nitrogens with zero attached hydrogens (tertiary/aromatic N) is 2. The number of nitrogens with one attached hydrogen (secondary N) is 3. The van der Waals surface area contributed by atoms with Crippen molar-refractivity contribution in [1.82, 2.24) is 25.7 Å². The Morgan fingerprint density at radius 1 is 1.12 bits per heavy atom. The van der Waals surface area contributed by atoms with Crippen LogP contribution in [-0.4, -0.2) is 42.3 Å². The van der Waals surface area contributed by atoms with Gasteiger partial charge in [-0.15, -0.1) is 0 Å². The van der Waals surface area contributed by atoms with Gasteiger partial charge in [0.15, 0.2) is 0 Å². The molecule has 0 saturated carbocycles. The third-order valence-electron chi connectivity index (χ3n) is 5.63. The topological polar surface area (TPSA) is 107 Å². The van der Waals surface area contributed by atoms with Crippen molar-refractivity contribution in [3.05, 3.63) is 76.8 Å². The molecule has 1 saturated heterocycles. The van der Waals surface area contributed by atoms with Gasteiger partial charge in [-0.1, -0.05) is 30.3 Å². The summed E-state index contributed by atoms with van der Waals surface area (Å²) >= 11 is 0. The molecule has 0 radical (unpaired) electrons. The number of carbonyl (C=O) groups is 1. The molecular weight excluding hydrogens is 422 g/mol. The number of carbonyl (C=O) groups excluding carboxylic acids is 1. The Hall–Kier alpha value is -3.69. The molecule has 0 spiro atoms. The first kappa shape index (κ1) is 22.5. The van der Waals surface area contributed by atoms with Crippen LogP contribution in [0.2, 0.25) is 0 Å². The summed E-state index contributed by atoms with van der Waals surface area (Å²) in [6, 6.07) is 16.1. The van der Waals surface area contributed by atoms with Crippen LogP contribution >= 0.6 is 0 Å². The predicted octanol–water partition coefficient (Wildman–Crippen LogP) is 1.65. The molecule has 4 rings (SSSR count). The van der Waals surface area contributed by atoms with Crippen LogP contribution in [0.15, 0.2) is 65.7 Å². The molecule has 1 aliphatic rings. The van der Waals surface area contributed by atoms with Gasteiger partial charge >= 0.3 is 0 Å². The molecule has 1 aliphatic heterocycles. The van der Waals surface area contributed by atoms with E-state index in [1.165, 1.54) is 17.0 Å². The van der Waals surface area contributed by atoms with Crippen molar-refractivity contribution < 1.29 is 14.3 Å². The maximum atomic E-state index is 12.6. The highest BCUT2D eigenvalue weighted by Gasteiger charge is 2.31. The molecule has 3 N–H and O–H groups in total. The Kier molecular flexibility index (Phi) is 7.01. The number of hydrogen-bond donors (Lipinski definition) is 3. The van der Waals surface area contributed by atoms with E-state index in [1.807, 2.05) is 48.5 Å². The minimum absolute atomic E-state index is 0.108. The third kappa shape index (κ3) is 5.21. The average molecular weight is 450 g/mol. The maximum Gasteiger partial charge on any atom is 0.253 e. The monoisotopic (exact) mass is 449 g/mol. The Balaban J connectivity index is 1.32. The molecule has 33 heavy (non-hydrogen) atoms. The van der Waals surface area contributed by atoms with Crippen molar-refractivity contribution in [3.8, 4) is 22.8 Å². The van der Waals surface area contributed by atoms with Gasteiger partial charge in [0.25, 0.3) is 5.56 Å². The van der Waals surface area contributed by atoms with E-state index in [9.17, 15) is 9.59 Å². The van der Waals surface area contributed by atoms with Crippen molar-refractivity contribution in [1.29, 1.82) is 0 Å². The molecule has 9 heteroatoms. The summed E-state index contributed by atoms with van der Waals surface area (Å²) in [7, 11) is 3.22. The van der Waals surface area contributed by atoms with E-state index in [1.54, 1.807) is 14.2 Å². The van der Waals surface area contributed by atoms with Gasteiger partial charge < -0.3 is 14.8 Å². The van der Waals surface area contributed by atoms with Crippen molar-refractivity contribution >= 4 is 5.91 Å². The lowest BCUT2D eigenvalue weighted by Crippen LogP contribution is -2.44. The van der Waals surface area contributed by atoms with Gasteiger partial charge in [-0.25, -0.2) is 15.8 Å². The zero-order valence-corrected chi connectivity index (χ0v) is 18.6. The summed E-state index contributed by atoms with van der Waals surface area (Å²) in [4.78, 5) is 29.4. The fourth-order valence-electron chi connectivity index (χ4n) is 3.83. The largest absolute Gasteiger partial charge is 0.497 e. The smallest absolute Gasteiger partial charge is 0.253 e. The van der Waals surface area contributed by atoms with Crippen LogP contribution in [0.25, 0.3) is 11.3 Å². The number of hydrazine groups is 1. The summed E-state index contributed by atoms with van der Waals surface area (Å²) in [5.74, 6) is 1.30. The van der Waals surface area contributed by atoms with E-state index in [-0.39, 0.29) is 17.5 Å². The zero-order valence-electron chi connectivity index (χ0n) is 18.6. The van der Waals surface area contributed by atoms with Gasteiger partial charge in [-0.3, -0.25) is 14.2 Å². The van der Waals surface area contributed by atoms with E-state index in [0.717, 1.165) is 22.6 Å². The van der Waals surface area contributed by atoms with E-state index in [4.69, 9.17) is 9.47 Å². The summed E-state index contributed by atoms with van der Waals surface area (Å²) in [5, 5.41) is 2.88. The third-order valence-corrected chi connectivity index (χ3v) is 5.63. The van der Waals surface area contributed by atoms with Crippen LogP contribution in [0, 0.1) is 0 Å². The molecule has 2 atom stereocenters. The number of aromatic nitrogens is 2. The summed E-state index contributed by atoms with van der Waals surface area (Å²) < 4.78 is 12.2. The van der Waals surface area contributed by atoms with Crippen LogP contribution in [0.1, 0.15) is 18.0 Å². The molecular formula is C24H27N5O4. The number of amides is 1. The molecule has 1 amide bonds. The Morgan fingerprint density at radius 2 is 1.94 bits per heavy atom. The quantitative estimate of drug-likeness (QED) is 0.480. The maximum absolute atomic E-state index is 12.6. The molecule has 0 aliphatic carbocycles. The molecule has 9 nitrogen and oxygen atoms in total. The highest BCUT2D eigenvalue weighted by Crippen LogP contribution is 2.33. The van der Waals surface area contributed by atoms with Gasteiger partial charge in [0.05, 0.1) is 32.3 Å². The van der Waals surface area contributed by atoms with Crippen LogP contribution in [0.4, 0.5) is 0 Å². The first-order valence-electron chi connectivity index (χ1n) is 10.7. The van der Waals surface area contributed by atoms with Crippen molar-refractivity contribution in [2.75, 3.05) is 20.8 Å². The minimum Gasteiger partial charge on any atom is -0.497 e. The van der Waals surface area contributed by atoms with Crippen molar-refractivity contribution in [3.63, 3.8) is 0 Å². The lowest BCUT2D eigenvalue weighted by Gasteiger charge is -2.15. The van der Waals surface area contributed by atoms with Gasteiger partial charge in [-0.2, -0.15) is 0 Å². The summed E-state index contributed by atoms with van der Waals surface area (Å²) in [5.41, 5.74) is 8.46. The fraction of sp³-hybridized carbons (Fsp3) is 0.292. The lowest BCUT2D eigenvalue weighted by atomic mass is 10.0. The number of ether oxygens (including phenoxy) is 2. The second-order valence-corrected chi connectivity index (χ2v) is 7.70. The van der Waals surface area contributed by atoms with Gasteiger partial charge in [0.2, 0.25) is 5.91 Å². The molecule has 1 fully saturated rings. The minimum atomic E-state index is -0.416. The number of rotatable bonds is 8. The van der Waals surface area contributed by atoms with Crippen molar-refractivity contribution in [2.24, 2.45) is 0 Å². The standard InChI is InChI=1S/C24H27N5O4/c1-32-17-8-9-22(33-2)18(12-17)20-13-21(28-27-20)24(31)25-10-11-29-15-26-19(14-23(29)30)16-6-4-3-5-7-16/h3-9,12,14-15,20-21,27-28H,10-11,13H2,1-2H3,(H,25,31). The van der Waals surface area contributed by atoms with E-state index < -0.39 is 6.04 Å². The number of hydrogen-bond acceptors (Lipinski definition) is 7. The predicted molar refractivity (Wildman–Crippen MR) is 124 cm³/mol. The van der Waals surface area contributed by atoms with E-state index >= 15 is 0 Å². The second kappa shape index (κ2) is 10.3. The second-order valence-electron chi connectivity index (χ2n) is 7.70. The van der Waals surface area contributed by atoms with E-state index in [0.29, 0.717) is 25.2 Å². The number of benzene rings is 2. The van der Waals surface area contributed by atoms with Gasteiger partial charge in [-0.05, 0) is 24.6 Å². The fourth-order valence-corrected chi connectivity index (χ4v) is 3.83. The lowest BCUT2D eigenvalue weighted by molar-refractivity contribution is -0.122. The first-order valence-corrected chi connectivity index (χ1v) is 10.7. The van der Waals surface area contributed by atoms with E-state index in [2.05, 4.69) is 21.2 Å². The normalized spacial score (nSPS) is 17.5. The van der Waals surface area contributed by atoms with Gasteiger partial charge in [0.1, 0.15) is 17.5 Å². The summed E-state index contributed by atoms with van der Waals surface area (Å²) in [6.45, 7) is 0.649. The van der Waals surface area contributed by atoms with Crippen molar-refractivity contribution in [2.45, 2.75) is 25.0 Å². The highest BCUT2D eigenvalue weighted by molar-refractivity contribution is 5.82. The van der Waals surface area contributed by atoms with Crippen LogP contribution in [0.3, 0.4) is 0 Å². The Labute approximate surface area is 191 Å². The highest BCUT2D eigenvalue weighted by atomic mass is 16.5. The molecule has 2 aromatic carbocycles. The molecule has 2 heterocycles. The SMILES string of the molecule is COc1ccc(OC)c(C2CC(C(=O)NCCn3cnc(-c4ccccc4)cc3=O)NN2)c1. The van der Waals surface area contributed by atoms with Crippen LogP contribution in [0.5, 0.6) is 11.5 Å². The van der Waals surface area contributed by atoms with Crippen LogP contribution < -0.4 is 31.2 Å². The Bertz CT molecular complexity index is 1170. The molecule has 172 valence electrons. The van der Waals surface area contributed by atoms with Gasteiger partial charge in [0, 0.05) is 30.3 Å². The first-order chi connectivity index (χ1) is 16.1. The summed E-state index contributed by atoms with van der Waals surface area (Å²) in [6.07, 6.45) is 2.06.